The summed E-state index contributed by atoms with van der Waals surface area (Å²) in [6.45, 7) is 5.27. The lowest BCUT2D eigenvalue weighted by Gasteiger charge is -2.20. The van der Waals surface area contributed by atoms with E-state index in [1.54, 1.807) is 20.8 Å². The normalized spacial score (nSPS) is 25.1. The monoisotopic (exact) mass is 304 g/mol. The summed E-state index contributed by atoms with van der Waals surface area (Å²) in [5, 5.41) is 22.7. The van der Waals surface area contributed by atoms with Gasteiger partial charge in [-0.3, -0.25) is 0 Å². The third-order valence-corrected chi connectivity index (χ3v) is 2.62. The van der Waals surface area contributed by atoms with Gasteiger partial charge in [-0.25, -0.2) is 14.4 Å². The minimum absolute atomic E-state index is 0.115. The molecule has 9 heteroatoms. The third kappa shape index (κ3) is 5.46. The molecule has 0 aromatic rings. The number of rotatable bonds is 4. The van der Waals surface area contributed by atoms with E-state index in [4.69, 9.17) is 14.6 Å². The zero-order chi connectivity index (χ0) is 16.2. The Bertz CT molecular complexity index is 418. The second-order valence-electron chi connectivity index (χ2n) is 5.61. The Morgan fingerprint density at radius 1 is 1.38 bits per heavy atom. The molecule has 21 heavy (non-hydrogen) atoms. The number of hydrogen-bond donors (Lipinski definition) is 4. The molecule has 1 fully saturated rings. The Morgan fingerprint density at radius 2 is 2.00 bits per heavy atom. The van der Waals surface area contributed by atoms with Gasteiger partial charge in [0.15, 0.2) is 6.04 Å². The highest BCUT2D eigenvalue weighted by atomic mass is 16.6. The minimum Gasteiger partial charge on any atom is -0.465 e. The van der Waals surface area contributed by atoms with Crippen LogP contribution in [0.3, 0.4) is 0 Å². The number of nitrogens with one attached hydrogen (secondary N) is 2. The largest absolute Gasteiger partial charge is 0.465 e. The molecule has 0 spiro atoms. The Kier molecular flexibility index (Phi) is 5.36. The van der Waals surface area contributed by atoms with Gasteiger partial charge in [-0.2, -0.15) is 0 Å². The van der Waals surface area contributed by atoms with Gasteiger partial charge >= 0.3 is 18.2 Å². The van der Waals surface area contributed by atoms with E-state index in [2.05, 4.69) is 5.32 Å². The summed E-state index contributed by atoms with van der Waals surface area (Å²) in [5.74, 6) is -0.841. The molecule has 1 saturated heterocycles. The van der Waals surface area contributed by atoms with Crippen LogP contribution in [0.2, 0.25) is 0 Å². The molecule has 1 aliphatic rings. The quantitative estimate of drug-likeness (QED) is 0.529. The number of aliphatic hydroxyl groups excluding tert-OH is 1. The first-order chi connectivity index (χ1) is 9.60. The number of esters is 1. The van der Waals surface area contributed by atoms with E-state index < -0.39 is 42.0 Å². The molecule has 0 radical (unpaired) electrons. The van der Waals surface area contributed by atoms with Gasteiger partial charge in [0.2, 0.25) is 0 Å². The van der Waals surface area contributed by atoms with Crippen molar-refractivity contribution >= 4 is 18.2 Å². The molecule has 1 heterocycles. The fourth-order valence-corrected chi connectivity index (χ4v) is 1.78. The van der Waals surface area contributed by atoms with Crippen LogP contribution in [0.1, 0.15) is 27.2 Å². The first kappa shape index (κ1) is 17.0. The van der Waals surface area contributed by atoms with Gasteiger partial charge in [-0.15, -0.1) is 0 Å². The molecule has 0 aliphatic carbocycles. The lowest BCUT2D eigenvalue weighted by Crippen LogP contribution is -2.46. The van der Waals surface area contributed by atoms with Crippen molar-refractivity contribution in [3.63, 3.8) is 0 Å². The van der Waals surface area contributed by atoms with Gasteiger partial charge in [0, 0.05) is 13.0 Å². The molecular formula is C12H20N2O7. The number of cyclic esters (lactones) is 1. The lowest BCUT2D eigenvalue weighted by molar-refractivity contribution is -0.143. The zero-order valence-electron chi connectivity index (χ0n) is 12.1. The van der Waals surface area contributed by atoms with Gasteiger partial charge in [-0.1, -0.05) is 0 Å². The molecule has 4 N–H and O–H groups in total. The van der Waals surface area contributed by atoms with Crippen LogP contribution in [0.25, 0.3) is 0 Å². The second kappa shape index (κ2) is 6.61. The standard InChI is InChI=1S/C12H20N2O7/c1-12(2,3)21-11(19)13-5-4-6-8(15)7(9(16)20-6)14-10(17)18/h6-8,14-15H,4-5H2,1-3H3,(H,13,19)(H,17,18)/t6?,7-,8-/m0/s1. The second-order valence-corrected chi connectivity index (χ2v) is 5.61. The van der Waals surface area contributed by atoms with Crippen LogP contribution in [0.4, 0.5) is 9.59 Å². The third-order valence-electron chi connectivity index (χ3n) is 2.62. The summed E-state index contributed by atoms with van der Waals surface area (Å²) < 4.78 is 9.88. The molecular weight excluding hydrogens is 284 g/mol. The summed E-state index contributed by atoms with van der Waals surface area (Å²) in [4.78, 5) is 33.3. The molecule has 0 aromatic carbocycles. The van der Waals surface area contributed by atoms with Crippen LogP contribution in [-0.4, -0.2) is 58.8 Å². The smallest absolute Gasteiger partial charge is 0.407 e. The number of hydrogen-bond acceptors (Lipinski definition) is 6. The molecule has 1 unspecified atom stereocenters. The summed E-state index contributed by atoms with van der Waals surface area (Å²) in [6, 6.07) is -1.31. The van der Waals surface area contributed by atoms with Crippen molar-refractivity contribution < 1.29 is 34.1 Å². The van der Waals surface area contributed by atoms with E-state index in [1.165, 1.54) is 0 Å². The van der Waals surface area contributed by atoms with Gasteiger partial charge in [0.1, 0.15) is 17.8 Å². The highest BCUT2D eigenvalue weighted by Gasteiger charge is 2.44. The van der Waals surface area contributed by atoms with Crippen molar-refractivity contribution in [1.29, 1.82) is 0 Å². The molecule has 1 aliphatic heterocycles. The maximum Gasteiger partial charge on any atom is 0.407 e. The van der Waals surface area contributed by atoms with E-state index in [-0.39, 0.29) is 13.0 Å². The Labute approximate surface area is 121 Å². The number of carbonyl (C=O) groups excluding carboxylic acids is 2. The first-order valence-electron chi connectivity index (χ1n) is 6.45. The van der Waals surface area contributed by atoms with E-state index in [9.17, 15) is 19.5 Å². The molecule has 9 nitrogen and oxygen atoms in total. The molecule has 0 saturated carbocycles. The Morgan fingerprint density at radius 3 is 2.52 bits per heavy atom. The van der Waals surface area contributed by atoms with Gasteiger partial charge < -0.3 is 30.3 Å². The molecule has 120 valence electrons. The molecule has 0 aromatic heterocycles. The minimum atomic E-state index is -1.43. The van der Waals surface area contributed by atoms with E-state index in [1.807, 2.05) is 5.32 Å². The summed E-state index contributed by atoms with van der Waals surface area (Å²) >= 11 is 0. The highest BCUT2D eigenvalue weighted by Crippen LogP contribution is 2.18. The SMILES string of the molecule is CC(C)(C)OC(=O)NCCC1OC(=O)[C@@H](NC(=O)O)[C@H]1O. The average Bonchev–Trinajstić information content (AvgIpc) is 2.54. The molecule has 2 amide bonds. The van der Waals surface area contributed by atoms with E-state index in [0.29, 0.717) is 0 Å². The summed E-state index contributed by atoms with van der Waals surface area (Å²) in [6.07, 6.45) is -4.09. The van der Waals surface area contributed by atoms with Crippen LogP contribution in [0, 0.1) is 0 Å². The number of amides is 2. The lowest BCUT2D eigenvalue weighted by atomic mass is 10.1. The summed E-state index contributed by atoms with van der Waals surface area (Å²) in [5.41, 5.74) is -0.625. The molecule has 0 bridgehead atoms. The van der Waals surface area contributed by atoms with Crippen molar-refractivity contribution in [3.05, 3.63) is 0 Å². The number of carbonyl (C=O) groups is 3. The fraction of sp³-hybridized carbons (Fsp3) is 0.750. The predicted octanol–water partition coefficient (Wildman–Crippen LogP) is -0.176. The van der Waals surface area contributed by atoms with E-state index in [0.717, 1.165) is 0 Å². The van der Waals surface area contributed by atoms with Crippen LogP contribution >= 0.6 is 0 Å². The van der Waals surface area contributed by atoms with Crippen molar-refractivity contribution in [1.82, 2.24) is 10.6 Å². The Hall–Kier alpha value is -2.03. The number of aliphatic hydroxyl groups is 1. The van der Waals surface area contributed by atoms with Gasteiger partial charge in [0.25, 0.3) is 0 Å². The zero-order valence-corrected chi connectivity index (χ0v) is 12.1. The van der Waals surface area contributed by atoms with E-state index >= 15 is 0 Å². The maximum absolute atomic E-state index is 11.4. The highest BCUT2D eigenvalue weighted by molar-refractivity contribution is 5.83. The molecule has 1 rings (SSSR count). The number of carboxylic acid groups (broad SMARTS) is 1. The van der Waals surface area contributed by atoms with Crippen LogP contribution in [0.15, 0.2) is 0 Å². The predicted molar refractivity (Wildman–Crippen MR) is 69.7 cm³/mol. The maximum atomic E-state index is 11.4. The number of ether oxygens (including phenoxy) is 2. The van der Waals surface area contributed by atoms with Crippen LogP contribution < -0.4 is 10.6 Å². The summed E-state index contributed by atoms with van der Waals surface area (Å²) in [7, 11) is 0. The van der Waals surface area contributed by atoms with Crippen LogP contribution in [-0.2, 0) is 14.3 Å². The van der Waals surface area contributed by atoms with Crippen molar-refractivity contribution in [2.24, 2.45) is 0 Å². The van der Waals surface area contributed by atoms with Gasteiger partial charge in [-0.05, 0) is 20.8 Å². The van der Waals surface area contributed by atoms with Crippen molar-refractivity contribution in [2.75, 3.05) is 6.54 Å². The van der Waals surface area contributed by atoms with Crippen molar-refractivity contribution in [3.8, 4) is 0 Å². The van der Waals surface area contributed by atoms with Gasteiger partial charge in [0.05, 0.1) is 0 Å². The van der Waals surface area contributed by atoms with Crippen molar-refractivity contribution in [2.45, 2.75) is 51.0 Å². The molecule has 3 atom stereocenters. The first-order valence-corrected chi connectivity index (χ1v) is 6.45. The fourth-order valence-electron chi connectivity index (χ4n) is 1.78. The topological polar surface area (TPSA) is 134 Å². The Balaban J connectivity index is 2.38. The number of alkyl carbamates (subject to hydrolysis) is 1. The average molecular weight is 304 g/mol. The van der Waals surface area contributed by atoms with Crippen LogP contribution in [0.5, 0.6) is 0 Å².